The molecule has 1 rings (SSSR count). The van der Waals surface area contributed by atoms with Crippen LogP contribution in [0, 0.1) is 0 Å². The first-order valence-corrected chi connectivity index (χ1v) is 5.44. The topological polar surface area (TPSA) is 37.3 Å². The van der Waals surface area contributed by atoms with E-state index >= 15 is 0 Å². The number of Topliss-reactive ketones (excluding diaryl/α,β-unsaturated/α-hetero) is 1. The van der Waals surface area contributed by atoms with Crippen LogP contribution in [0.1, 0.15) is 0 Å². The van der Waals surface area contributed by atoms with E-state index in [1.807, 2.05) is 0 Å². The highest BCUT2D eigenvalue weighted by Gasteiger charge is 2.59. The second-order valence-corrected chi connectivity index (χ2v) is 6.09. The molecule has 0 aliphatic heterocycles. The van der Waals surface area contributed by atoms with Gasteiger partial charge >= 0.3 is 0 Å². The smallest absolute Gasteiger partial charge is 0.215 e. The third kappa shape index (κ3) is 1.75. The molecule has 8 heteroatoms. The van der Waals surface area contributed by atoms with E-state index in [9.17, 15) is 9.90 Å². The molecule has 0 spiro atoms. The summed E-state index contributed by atoms with van der Waals surface area (Å²) in [6.45, 7) is 0. The molecule has 0 heterocycles. The molecule has 0 radical (unpaired) electrons. The van der Waals surface area contributed by atoms with E-state index in [1.54, 1.807) is 0 Å². The number of hydrogen-bond donors (Lipinski definition) is 1. The lowest BCUT2D eigenvalue weighted by Gasteiger charge is -2.35. The van der Waals surface area contributed by atoms with Gasteiger partial charge < -0.3 is 5.11 Å². The van der Waals surface area contributed by atoms with Crippen molar-refractivity contribution in [2.24, 2.45) is 0 Å². The summed E-state index contributed by atoms with van der Waals surface area (Å²) in [4.78, 5) is 11.5. The van der Waals surface area contributed by atoms with Crippen molar-refractivity contribution in [2.75, 3.05) is 0 Å². The van der Waals surface area contributed by atoms with Crippen LogP contribution in [-0.4, -0.2) is 25.7 Å². The summed E-state index contributed by atoms with van der Waals surface area (Å²) in [5.41, 5.74) is 0. The van der Waals surface area contributed by atoms with Crippen LogP contribution in [0.5, 0.6) is 0 Å². The number of alkyl halides is 4. The summed E-state index contributed by atoms with van der Waals surface area (Å²) in [5.74, 6) is -1.03. The van der Waals surface area contributed by atoms with Gasteiger partial charge in [-0.25, -0.2) is 0 Å². The van der Waals surface area contributed by atoms with Gasteiger partial charge in [0.2, 0.25) is 14.4 Å². The zero-order chi connectivity index (χ0) is 11.3. The van der Waals surface area contributed by atoms with Crippen molar-refractivity contribution in [3.63, 3.8) is 0 Å². The first-order valence-electron chi connectivity index (χ1n) is 3.17. The number of carbonyl (C=O) groups excluding carboxylic acids is 1. The highest BCUT2D eigenvalue weighted by atomic mass is 35.5. The van der Waals surface area contributed by atoms with E-state index in [2.05, 4.69) is 0 Å². The Labute approximate surface area is 110 Å². The third-order valence-corrected chi connectivity index (χ3v) is 4.31. The molecule has 1 aliphatic rings. The largest absolute Gasteiger partial charge is 0.384 e. The molecule has 0 fully saturated rings. The van der Waals surface area contributed by atoms with Crippen molar-refractivity contribution in [3.8, 4) is 0 Å². The lowest BCUT2D eigenvalue weighted by molar-refractivity contribution is -0.121. The molecular formula is C6H2Cl6O2. The molecule has 0 amide bonds. The van der Waals surface area contributed by atoms with E-state index in [0.717, 1.165) is 0 Å². The van der Waals surface area contributed by atoms with Crippen LogP contribution in [0.3, 0.4) is 0 Å². The molecule has 1 N–H and O–H groups in total. The van der Waals surface area contributed by atoms with Gasteiger partial charge in [0.25, 0.3) is 0 Å². The van der Waals surface area contributed by atoms with Crippen LogP contribution in [0.25, 0.3) is 0 Å². The summed E-state index contributed by atoms with van der Waals surface area (Å²) in [6.07, 6.45) is -1.64. The highest BCUT2D eigenvalue weighted by molar-refractivity contribution is 6.74. The Morgan fingerprint density at radius 2 is 1.57 bits per heavy atom. The zero-order valence-electron chi connectivity index (χ0n) is 6.20. The van der Waals surface area contributed by atoms with E-state index in [1.165, 1.54) is 0 Å². The van der Waals surface area contributed by atoms with Crippen LogP contribution in [-0.2, 0) is 4.79 Å². The number of aliphatic hydroxyl groups excluding tert-OH is 1. The Bertz CT molecular complexity index is 320. The Kier molecular flexibility index (Phi) is 3.62. The number of allylic oxidation sites excluding steroid dienone is 1. The Morgan fingerprint density at radius 3 is 2.00 bits per heavy atom. The van der Waals surface area contributed by atoms with Crippen LogP contribution < -0.4 is 0 Å². The summed E-state index contributed by atoms with van der Waals surface area (Å²) < 4.78 is -4.32. The molecule has 0 saturated heterocycles. The van der Waals surface area contributed by atoms with Crippen LogP contribution in [0.4, 0.5) is 0 Å². The van der Waals surface area contributed by atoms with Crippen LogP contribution >= 0.6 is 69.6 Å². The number of carbonyl (C=O) groups is 1. The minimum atomic E-state index is -2.20. The maximum Gasteiger partial charge on any atom is 0.215 e. The van der Waals surface area contributed by atoms with E-state index < -0.39 is 25.6 Å². The molecule has 1 unspecified atom stereocenters. The number of ketones is 1. The Hall–Kier alpha value is 1.11. The second kappa shape index (κ2) is 3.85. The Balaban J connectivity index is 3.39. The van der Waals surface area contributed by atoms with Gasteiger partial charge in [-0.15, -0.1) is 0 Å². The molecule has 80 valence electrons. The second-order valence-electron chi connectivity index (χ2n) is 2.59. The lowest BCUT2D eigenvalue weighted by Crippen LogP contribution is -2.52. The van der Waals surface area contributed by atoms with Crippen molar-refractivity contribution in [3.05, 3.63) is 10.1 Å². The molecule has 1 aliphatic carbocycles. The normalized spacial score (nSPS) is 30.8. The maximum absolute atomic E-state index is 11.5. The Morgan fingerprint density at radius 1 is 1.14 bits per heavy atom. The first-order chi connectivity index (χ1) is 6.13. The van der Waals surface area contributed by atoms with E-state index in [0.29, 0.717) is 0 Å². The SMILES string of the molecule is O=C1C(Cl)(Cl)C(Cl)=C(Cl)C(O)C1(Cl)Cl. The van der Waals surface area contributed by atoms with E-state index in [-0.39, 0.29) is 5.03 Å². The van der Waals surface area contributed by atoms with Gasteiger partial charge in [0.05, 0.1) is 10.1 Å². The van der Waals surface area contributed by atoms with Gasteiger partial charge in [-0.3, -0.25) is 4.79 Å². The molecule has 0 saturated carbocycles. The summed E-state index contributed by atoms with van der Waals surface area (Å²) >= 11 is 33.4. The average Bonchev–Trinajstić information content (AvgIpc) is 2.11. The average molecular weight is 319 g/mol. The third-order valence-electron chi connectivity index (χ3n) is 1.66. The maximum atomic E-state index is 11.5. The van der Waals surface area contributed by atoms with Crippen molar-refractivity contribution < 1.29 is 9.90 Å². The number of hydrogen-bond acceptors (Lipinski definition) is 2. The van der Waals surface area contributed by atoms with Crippen molar-refractivity contribution in [1.29, 1.82) is 0 Å². The number of aliphatic hydroxyl groups is 1. The standard InChI is InChI=1S/C6H2Cl6O2/c7-1-2(8)5(9,10)4(14)6(11,12)3(1)13/h3,13H. The first kappa shape index (κ1) is 13.2. The van der Waals surface area contributed by atoms with Crippen molar-refractivity contribution >= 4 is 75.4 Å². The van der Waals surface area contributed by atoms with Crippen LogP contribution in [0.2, 0.25) is 0 Å². The van der Waals surface area contributed by atoms with E-state index in [4.69, 9.17) is 69.6 Å². The lowest BCUT2D eigenvalue weighted by atomic mass is 10.0. The summed E-state index contributed by atoms with van der Waals surface area (Å²) in [5, 5.41) is 8.66. The minimum absolute atomic E-state index is 0.346. The summed E-state index contributed by atoms with van der Waals surface area (Å²) in [6, 6.07) is 0. The minimum Gasteiger partial charge on any atom is -0.384 e. The fourth-order valence-electron chi connectivity index (χ4n) is 0.862. The summed E-state index contributed by atoms with van der Waals surface area (Å²) in [7, 11) is 0. The van der Waals surface area contributed by atoms with Crippen LogP contribution in [0.15, 0.2) is 10.1 Å². The quantitative estimate of drug-likeness (QED) is 0.697. The zero-order valence-corrected chi connectivity index (χ0v) is 10.7. The van der Waals surface area contributed by atoms with Gasteiger partial charge in [0.1, 0.15) is 6.10 Å². The molecule has 14 heavy (non-hydrogen) atoms. The van der Waals surface area contributed by atoms with Crippen molar-refractivity contribution in [1.82, 2.24) is 0 Å². The molecule has 0 aromatic rings. The molecule has 2 nitrogen and oxygen atoms in total. The fraction of sp³-hybridized carbons (Fsp3) is 0.500. The number of rotatable bonds is 0. The van der Waals surface area contributed by atoms with Gasteiger partial charge in [-0.2, -0.15) is 0 Å². The van der Waals surface area contributed by atoms with Gasteiger partial charge in [0, 0.05) is 0 Å². The van der Waals surface area contributed by atoms with Gasteiger partial charge in [-0.1, -0.05) is 69.6 Å². The van der Waals surface area contributed by atoms with Crippen molar-refractivity contribution in [2.45, 2.75) is 14.8 Å². The van der Waals surface area contributed by atoms with Gasteiger partial charge in [0.15, 0.2) is 0 Å². The molecular weight excluding hydrogens is 317 g/mol. The number of halogens is 6. The molecule has 0 bridgehead atoms. The molecule has 1 atom stereocenters. The molecule has 0 aromatic heterocycles. The predicted octanol–water partition coefficient (Wildman–Crippen LogP) is 2.97. The highest BCUT2D eigenvalue weighted by Crippen LogP contribution is 2.50. The fourth-order valence-corrected chi connectivity index (χ4v) is 2.76. The monoisotopic (exact) mass is 316 g/mol. The predicted molar refractivity (Wildman–Crippen MR) is 58.6 cm³/mol. The van der Waals surface area contributed by atoms with Gasteiger partial charge in [-0.05, 0) is 0 Å². The molecule has 0 aromatic carbocycles.